The summed E-state index contributed by atoms with van der Waals surface area (Å²) in [5, 5.41) is 18.8. The molecule has 0 bridgehead atoms. The number of rotatable bonds is 5. The maximum absolute atomic E-state index is 13.4. The number of carbonyl (C=O) groups excluding carboxylic acids is 1. The number of nitrogens with one attached hydrogen (secondary N) is 1. The summed E-state index contributed by atoms with van der Waals surface area (Å²) in [4.78, 5) is 30.2. The lowest BCUT2D eigenvalue weighted by atomic mass is 9.95. The topological polar surface area (TPSA) is 105 Å². The van der Waals surface area contributed by atoms with Crippen molar-refractivity contribution in [2.75, 3.05) is 0 Å². The highest BCUT2D eigenvalue weighted by atomic mass is 16.6. The number of hydrogen-bond donors (Lipinski definition) is 1. The Balaban J connectivity index is 1.67. The first-order chi connectivity index (χ1) is 15.5. The van der Waals surface area contributed by atoms with E-state index in [2.05, 4.69) is 15.2 Å². The quantitative estimate of drug-likeness (QED) is 0.376. The second kappa shape index (κ2) is 7.73. The molecule has 2 aromatic carbocycles. The number of benzene rings is 2. The van der Waals surface area contributed by atoms with E-state index in [-0.39, 0.29) is 11.6 Å². The van der Waals surface area contributed by atoms with E-state index in [4.69, 9.17) is 0 Å². The summed E-state index contributed by atoms with van der Waals surface area (Å²) in [7, 11) is 0. The smallest absolute Gasteiger partial charge is 0.273 e. The zero-order chi connectivity index (χ0) is 22.2. The molecule has 8 heteroatoms. The number of aryl methyl sites for hydroxylation is 1. The van der Waals surface area contributed by atoms with Gasteiger partial charge in [0, 0.05) is 42.2 Å². The first kappa shape index (κ1) is 19.6. The summed E-state index contributed by atoms with van der Waals surface area (Å²) >= 11 is 0. The van der Waals surface area contributed by atoms with Gasteiger partial charge in [0.15, 0.2) is 0 Å². The number of nitro benzene ring substituents is 1. The molecule has 1 unspecified atom stereocenters. The van der Waals surface area contributed by atoms with Gasteiger partial charge in [-0.3, -0.25) is 25.0 Å². The lowest BCUT2D eigenvalue weighted by molar-refractivity contribution is -0.384. The van der Waals surface area contributed by atoms with Crippen LogP contribution in [-0.4, -0.2) is 30.9 Å². The largest absolute Gasteiger partial charge is 0.322 e. The molecule has 1 aliphatic heterocycles. The maximum atomic E-state index is 13.4. The molecule has 0 spiro atoms. The minimum Gasteiger partial charge on any atom is -0.322 e. The highest BCUT2D eigenvalue weighted by Crippen LogP contribution is 2.44. The lowest BCUT2D eigenvalue weighted by Crippen LogP contribution is -2.29. The Kier molecular flexibility index (Phi) is 4.74. The molecule has 158 valence electrons. The van der Waals surface area contributed by atoms with Crippen LogP contribution in [0, 0.1) is 17.0 Å². The van der Waals surface area contributed by atoms with Crippen LogP contribution >= 0.6 is 0 Å². The predicted octanol–water partition coefficient (Wildman–Crippen LogP) is 4.43. The predicted molar refractivity (Wildman–Crippen MR) is 118 cm³/mol. The Bertz CT molecular complexity index is 1320. The third kappa shape index (κ3) is 3.31. The van der Waals surface area contributed by atoms with Gasteiger partial charge in [0.2, 0.25) is 0 Å². The number of aromatic amines is 1. The van der Waals surface area contributed by atoms with Crippen LogP contribution in [-0.2, 0) is 6.54 Å². The van der Waals surface area contributed by atoms with Crippen LogP contribution in [0.1, 0.15) is 38.8 Å². The molecule has 8 nitrogen and oxygen atoms in total. The lowest BCUT2D eigenvalue weighted by Gasteiger charge is -2.26. The van der Waals surface area contributed by atoms with E-state index < -0.39 is 11.0 Å². The summed E-state index contributed by atoms with van der Waals surface area (Å²) in [6.45, 7) is 2.34. The fraction of sp³-hybridized carbons (Fsp3) is 0.125. The monoisotopic (exact) mass is 425 g/mol. The third-order valence-electron chi connectivity index (χ3n) is 5.69. The van der Waals surface area contributed by atoms with Gasteiger partial charge in [-0.2, -0.15) is 5.10 Å². The molecule has 0 fully saturated rings. The molecule has 3 heterocycles. The van der Waals surface area contributed by atoms with E-state index in [9.17, 15) is 14.9 Å². The van der Waals surface area contributed by atoms with Gasteiger partial charge >= 0.3 is 0 Å². The van der Waals surface area contributed by atoms with Crippen molar-refractivity contribution in [3.8, 4) is 11.3 Å². The highest BCUT2D eigenvalue weighted by Gasteiger charge is 2.42. The Labute approximate surface area is 183 Å². The number of fused-ring (bicyclic) bond motifs is 1. The van der Waals surface area contributed by atoms with E-state index in [0.29, 0.717) is 23.5 Å². The van der Waals surface area contributed by atoms with Crippen LogP contribution in [0.4, 0.5) is 5.69 Å². The number of amides is 1. The second-order valence-electron chi connectivity index (χ2n) is 7.77. The number of hydrogen-bond acceptors (Lipinski definition) is 5. The summed E-state index contributed by atoms with van der Waals surface area (Å²) in [5.74, 6) is -0.195. The molecule has 5 rings (SSSR count). The maximum Gasteiger partial charge on any atom is 0.273 e. The summed E-state index contributed by atoms with van der Waals surface area (Å²) in [5.41, 5.74) is 5.36. The zero-order valence-electron chi connectivity index (χ0n) is 17.2. The first-order valence-corrected chi connectivity index (χ1v) is 10.1. The normalized spacial score (nSPS) is 15.1. The van der Waals surface area contributed by atoms with E-state index in [1.165, 1.54) is 12.1 Å². The minimum absolute atomic E-state index is 0.0207. The van der Waals surface area contributed by atoms with Crippen LogP contribution < -0.4 is 0 Å². The fourth-order valence-corrected chi connectivity index (χ4v) is 4.13. The van der Waals surface area contributed by atoms with Crippen molar-refractivity contribution in [2.24, 2.45) is 0 Å². The number of pyridine rings is 1. The van der Waals surface area contributed by atoms with Crippen LogP contribution in [0.25, 0.3) is 11.3 Å². The molecule has 1 atom stereocenters. The SMILES string of the molecule is Cc1ccc(-c2n[nH]c3c2C(c2cccc([N+](=O)[O-])c2)N(Cc2ccncc2)C3=O)cc1. The van der Waals surface area contributed by atoms with Crippen molar-refractivity contribution < 1.29 is 9.72 Å². The number of carbonyl (C=O) groups is 1. The van der Waals surface area contributed by atoms with Gasteiger partial charge in [0.1, 0.15) is 5.69 Å². The van der Waals surface area contributed by atoms with E-state index in [1.807, 2.05) is 49.4 Å². The molecule has 1 aliphatic rings. The van der Waals surface area contributed by atoms with Gasteiger partial charge in [0.25, 0.3) is 11.6 Å². The minimum atomic E-state index is -0.513. The highest BCUT2D eigenvalue weighted by molar-refractivity contribution is 6.00. The molecular formula is C24H19N5O3. The van der Waals surface area contributed by atoms with Crippen LogP contribution in [0.5, 0.6) is 0 Å². The van der Waals surface area contributed by atoms with Crippen LogP contribution in [0.15, 0.2) is 73.1 Å². The number of nitrogens with zero attached hydrogens (tertiary/aromatic N) is 4. The molecule has 0 aliphatic carbocycles. The second-order valence-corrected chi connectivity index (χ2v) is 7.77. The Hall–Kier alpha value is -4.33. The van der Waals surface area contributed by atoms with E-state index >= 15 is 0 Å². The first-order valence-electron chi connectivity index (χ1n) is 10.1. The molecule has 2 aromatic heterocycles. The zero-order valence-corrected chi connectivity index (χ0v) is 17.2. The fourth-order valence-electron chi connectivity index (χ4n) is 4.13. The number of non-ortho nitro benzene ring substituents is 1. The van der Waals surface area contributed by atoms with Gasteiger partial charge in [-0.25, -0.2) is 0 Å². The molecular weight excluding hydrogens is 406 g/mol. The van der Waals surface area contributed by atoms with Gasteiger partial charge < -0.3 is 4.90 Å². The molecule has 0 radical (unpaired) electrons. The summed E-state index contributed by atoms with van der Waals surface area (Å²) < 4.78 is 0. The van der Waals surface area contributed by atoms with Crippen molar-refractivity contribution in [1.82, 2.24) is 20.1 Å². The van der Waals surface area contributed by atoms with Gasteiger partial charge in [-0.1, -0.05) is 42.0 Å². The molecule has 4 aromatic rings. The van der Waals surface area contributed by atoms with Gasteiger partial charge in [-0.15, -0.1) is 0 Å². The number of H-pyrrole nitrogens is 1. The van der Waals surface area contributed by atoms with Crippen molar-refractivity contribution in [3.05, 3.63) is 111 Å². The molecule has 1 amide bonds. The molecule has 0 saturated heterocycles. The standard InChI is InChI=1S/C24H19N5O3/c1-15-5-7-17(8-6-15)21-20-22(27-26-21)24(30)28(14-16-9-11-25-12-10-16)23(20)18-3-2-4-19(13-18)29(31)32/h2-13,23H,14H2,1H3,(H,26,27). The third-order valence-corrected chi connectivity index (χ3v) is 5.69. The molecule has 32 heavy (non-hydrogen) atoms. The van der Waals surface area contributed by atoms with Crippen molar-refractivity contribution >= 4 is 11.6 Å². The van der Waals surface area contributed by atoms with Crippen LogP contribution in [0.3, 0.4) is 0 Å². The van der Waals surface area contributed by atoms with Crippen LogP contribution in [0.2, 0.25) is 0 Å². The Morgan fingerprint density at radius 3 is 2.56 bits per heavy atom. The van der Waals surface area contributed by atoms with Crippen molar-refractivity contribution in [3.63, 3.8) is 0 Å². The van der Waals surface area contributed by atoms with Crippen molar-refractivity contribution in [2.45, 2.75) is 19.5 Å². The average molecular weight is 425 g/mol. The summed E-state index contributed by atoms with van der Waals surface area (Å²) in [6, 6.07) is 17.5. The molecule has 0 saturated carbocycles. The number of aromatic nitrogens is 3. The van der Waals surface area contributed by atoms with Crippen molar-refractivity contribution in [1.29, 1.82) is 0 Å². The Morgan fingerprint density at radius 1 is 1.09 bits per heavy atom. The Morgan fingerprint density at radius 2 is 1.84 bits per heavy atom. The van der Waals surface area contributed by atoms with E-state index in [0.717, 1.165) is 22.3 Å². The molecule has 1 N–H and O–H groups in total. The summed E-state index contributed by atoms with van der Waals surface area (Å²) in [6.07, 6.45) is 3.35. The van der Waals surface area contributed by atoms with Gasteiger partial charge in [0.05, 0.1) is 16.7 Å². The van der Waals surface area contributed by atoms with E-state index in [1.54, 1.807) is 23.4 Å². The van der Waals surface area contributed by atoms with Gasteiger partial charge in [-0.05, 0) is 30.2 Å². The number of nitro groups is 1. The average Bonchev–Trinajstić information content (AvgIpc) is 3.34.